The van der Waals surface area contributed by atoms with Crippen molar-refractivity contribution in [1.82, 2.24) is 10.6 Å². The molecule has 1 fully saturated rings. The van der Waals surface area contributed by atoms with Gasteiger partial charge >= 0.3 is 0 Å². The third kappa shape index (κ3) is 6.08. The third-order valence-corrected chi connectivity index (χ3v) is 4.96. The maximum absolute atomic E-state index is 12.1. The normalized spacial score (nSPS) is 22.5. The number of carbonyl (C=O) groups excluding carboxylic acids is 1. The van der Waals surface area contributed by atoms with Gasteiger partial charge < -0.3 is 15.4 Å². The highest BCUT2D eigenvalue weighted by molar-refractivity contribution is 9.10. The van der Waals surface area contributed by atoms with Gasteiger partial charge in [0.2, 0.25) is 5.91 Å². The highest BCUT2D eigenvalue weighted by Gasteiger charge is 2.28. The van der Waals surface area contributed by atoms with E-state index >= 15 is 0 Å². The first-order chi connectivity index (χ1) is 10.1. The molecule has 3 atom stereocenters. The molecule has 2 rings (SSSR count). The molecule has 0 saturated carbocycles. The van der Waals surface area contributed by atoms with E-state index in [9.17, 15) is 4.79 Å². The van der Waals surface area contributed by atoms with Gasteiger partial charge in [0.25, 0.3) is 0 Å². The van der Waals surface area contributed by atoms with Crippen molar-refractivity contribution in [2.45, 2.75) is 36.1 Å². The highest BCUT2D eigenvalue weighted by Crippen LogP contribution is 2.24. The minimum atomic E-state index is -0.247. The summed E-state index contributed by atoms with van der Waals surface area (Å²) < 4.78 is 6.57. The average molecular weight is 410 g/mol. The molecule has 0 bridgehead atoms. The summed E-state index contributed by atoms with van der Waals surface area (Å²) >= 11 is 5.18. The lowest BCUT2D eigenvalue weighted by atomic mass is 10.1. The summed E-state index contributed by atoms with van der Waals surface area (Å²) in [4.78, 5) is 13.3. The number of ether oxygens (including phenoxy) is 1. The molecule has 0 aliphatic carbocycles. The number of amides is 1. The van der Waals surface area contributed by atoms with Crippen molar-refractivity contribution < 1.29 is 9.53 Å². The van der Waals surface area contributed by atoms with Gasteiger partial charge in [-0.15, -0.1) is 24.2 Å². The minimum Gasteiger partial charge on any atom is -0.375 e. The quantitative estimate of drug-likeness (QED) is 0.734. The number of thioether (sulfide) groups is 1. The van der Waals surface area contributed by atoms with Crippen LogP contribution in [0.25, 0.3) is 0 Å². The molecule has 7 heteroatoms. The summed E-state index contributed by atoms with van der Waals surface area (Å²) in [5.41, 5.74) is 0. The number of nitrogens with one attached hydrogen (secondary N) is 2. The highest BCUT2D eigenvalue weighted by atomic mass is 79.9. The van der Waals surface area contributed by atoms with E-state index in [-0.39, 0.29) is 30.5 Å². The number of rotatable bonds is 5. The Hall–Kier alpha value is -0.270. The average Bonchev–Trinajstić information content (AvgIpc) is 2.48. The monoisotopic (exact) mass is 408 g/mol. The molecule has 0 spiro atoms. The van der Waals surface area contributed by atoms with Gasteiger partial charge in [0.05, 0.1) is 12.7 Å². The van der Waals surface area contributed by atoms with Crippen LogP contribution in [0.4, 0.5) is 0 Å². The van der Waals surface area contributed by atoms with Crippen molar-refractivity contribution in [3.05, 3.63) is 28.7 Å². The van der Waals surface area contributed by atoms with Crippen LogP contribution in [0.1, 0.15) is 13.8 Å². The van der Waals surface area contributed by atoms with Crippen molar-refractivity contribution in [1.29, 1.82) is 0 Å². The fourth-order valence-corrected chi connectivity index (χ4v) is 3.36. The smallest absolute Gasteiger partial charge is 0.239 e. The Kier molecular flexibility index (Phi) is 8.79. The molecule has 1 aromatic carbocycles. The first-order valence-electron chi connectivity index (χ1n) is 7.11. The fourth-order valence-electron chi connectivity index (χ4n) is 2.17. The zero-order valence-electron chi connectivity index (χ0n) is 12.7. The lowest BCUT2D eigenvalue weighted by Crippen LogP contribution is -2.56. The lowest BCUT2D eigenvalue weighted by molar-refractivity contribution is -0.128. The first kappa shape index (κ1) is 19.8. The van der Waals surface area contributed by atoms with Gasteiger partial charge in [-0.3, -0.25) is 4.79 Å². The molecular formula is C15H22BrClN2O2S. The van der Waals surface area contributed by atoms with E-state index in [0.29, 0.717) is 18.4 Å². The van der Waals surface area contributed by atoms with E-state index in [1.807, 2.05) is 19.1 Å². The van der Waals surface area contributed by atoms with E-state index in [1.165, 1.54) is 4.90 Å². The Morgan fingerprint density at radius 2 is 2.18 bits per heavy atom. The van der Waals surface area contributed by atoms with E-state index < -0.39 is 0 Å². The van der Waals surface area contributed by atoms with Crippen LogP contribution in [0.15, 0.2) is 33.6 Å². The number of benzene rings is 1. The Morgan fingerprint density at radius 1 is 1.50 bits per heavy atom. The largest absolute Gasteiger partial charge is 0.375 e. The minimum absolute atomic E-state index is 0. The number of halogens is 2. The second-order valence-corrected chi connectivity index (χ2v) is 7.56. The van der Waals surface area contributed by atoms with Crippen LogP contribution >= 0.6 is 40.1 Å². The van der Waals surface area contributed by atoms with Crippen molar-refractivity contribution in [3.8, 4) is 0 Å². The SMILES string of the molecule is CC(CNC(=O)[C@H]1NCCO[C@@H]1C)Sc1ccc(Br)cc1.Cl. The van der Waals surface area contributed by atoms with Gasteiger partial charge in [-0.05, 0) is 31.2 Å². The Morgan fingerprint density at radius 3 is 2.82 bits per heavy atom. The van der Waals surface area contributed by atoms with E-state index in [2.05, 4.69) is 45.6 Å². The van der Waals surface area contributed by atoms with Gasteiger partial charge in [-0.2, -0.15) is 0 Å². The van der Waals surface area contributed by atoms with Gasteiger partial charge in [0.1, 0.15) is 6.04 Å². The standard InChI is InChI=1S/C15H21BrN2O2S.ClH/c1-10(21-13-5-3-12(16)4-6-13)9-18-15(19)14-11(2)20-8-7-17-14;/h3-6,10-11,14,17H,7-9H2,1-2H3,(H,18,19);1H/t10?,11-,14+;/m1./s1. The van der Waals surface area contributed by atoms with Crippen LogP contribution in [-0.4, -0.2) is 43.0 Å². The molecule has 1 saturated heterocycles. The second-order valence-electron chi connectivity index (χ2n) is 5.14. The summed E-state index contributed by atoms with van der Waals surface area (Å²) in [5.74, 6) is 0.0189. The summed E-state index contributed by atoms with van der Waals surface area (Å²) in [6.45, 7) is 6.08. The summed E-state index contributed by atoms with van der Waals surface area (Å²) in [7, 11) is 0. The van der Waals surface area contributed by atoms with Crippen LogP contribution in [-0.2, 0) is 9.53 Å². The zero-order valence-corrected chi connectivity index (χ0v) is 15.9. The van der Waals surface area contributed by atoms with E-state index in [0.717, 1.165) is 11.0 Å². The molecule has 1 aliphatic rings. The number of carbonyl (C=O) groups is 1. The molecule has 22 heavy (non-hydrogen) atoms. The predicted octanol–water partition coefficient (Wildman–Crippen LogP) is 2.84. The Labute approximate surface area is 150 Å². The zero-order chi connectivity index (χ0) is 15.2. The lowest BCUT2D eigenvalue weighted by Gasteiger charge is -2.29. The molecule has 124 valence electrons. The van der Waals surface area contributed by atoms with Crippen LogP contribution < -0.4 is 10.6 Å². The van der Waals surface area contributed by atoms with E-state index in [1.54, 1.807) is 11.8 Å². The molecule has 0 radical (unpaired) electrons. The molecule has 1 unspecified atom stereocenters. The topological polar surface area (TPSA) is 50.4 Å². The summed E-state index contributed by atoms with van der Waals surface area (Å²) in [6, 6.07) is 7.96. The molecule has 1 aromatic rings. The molecule has 1 heterocycles. The van der Waals surface area contributed by atoms with Crippen LogP contribution in [0.5, 0.6) is 0 Å². The molecule has 4 nitrogen and oxygen atoms in total. The molecule has 1 amide bonds. The number of hydrogen-bond donors (Lipinski definition) is 2. The van der Waals surface area contributed by atoms with Crippen molar-refractivity contribution in [2.24, 2.45) is 0 Å². The molecule has 0 aromatic heterocycles. The van der Waals surface area contributed by atoms with Gasteiger partial charge in [0, 0.05) is 27.7 Å². The molecule has 2 N–H and O–H groups in total. The Balaban J connectivity index is 0.00000242. The summed E-state index contributed by atoms with van der Waals surface area (Å²) in [5, 5.41) is 6.52. The second kappa shape index (κ2) is 9.78. The van der Waals surface area contributed by atoms with Crippen LogP contribution in [0.3, 0.4) is 0 Å². The molecular weight excluding hydrogens is 388 g/mol. The first-order valence-corrected chi connectivity index (χ1v) is 8.78. The van der Waals surface area contributed by atoms with Crippen LogP contribution in [0.2, 0.25) is 0 Å². The van der Waals surface area contributed by atoms with Gasteiger partial charge in [-0.1, -0.05) is 22.9 Å². The van der Waals surface area contributed by atoms with Gasteiger partial charge in [0.15, 0.2) is 0 Å². The summed E-state index contributed by atoms with van der Waals surface area (Å²) in [6.07, 6.45) is -0.0758. The van der Waals surface area contributed by atoms with Crippen LogP contribution in [0, 0.1) is 0 Å². The predicted molar refractivity (Wildman–Crippen MR) is 96.9 cm³/mol. The van der Waals surface area contributed by atoms with Gasteiger partial charge in [-0.25, -0.2) is 0 Å². The third-order valence-electron chi connectivity index (χ3n) is 3.31. The Bertz CT molecular complexity index is 475. The maximum Gasteiger partial charge on any atom is 0.239 e. The van der Waals surface area contributed by atoms with Crippen molar-refractivity contribution >= 4 is 46.0 Å². The maximum atomic E-state index is 12.1. The fraction of sp³-hybridized carbons (Fsp3) is 0.533. The van der Waals surface area contributed by atoms with Crippen molar-refractivity contribution in [3.63, 3.8) is 0 Å². The molecule has 1 aliphatic heterocycles. The van der Waals surface area contributed by atoms with Crippen molar-refractivity contribution in [2.75, 3.05) is 19.7 Å². The number of morpholine rings is 1. The van der Waals surface area contributed by atoms with E-state index in [4.69, 9.17) is 4.74 Å². The number of hydrogen-bond acceptors (Lipinski definition) is 4.